The van der Waals surface area contributed by atoms with Gasteiger partial charge in [-0.25, -0.2) is 0 Å². The number of aryl methyl sites for hydroxylation is 1. The number of carbonyl (C=O) groups excluding carboxylic acids is 1. The summed E-state index contributed by atoms with van der Waals surface area (Å²) >= 11 is 0. The molecule has 0 saturated carbocycles. The van der Waals surface area contributed by atoms with Crippen molar-refractivity contribution in [2.45, 2.75) is 19.9 Å². The number of amides is 1. The molecule has 0 aliphatic heterocycles. The second kappa shape index (κ2) is 8.73. The molecule has 1 N–H and O–H groups in total. The van der Waals surface area contributed by atoms with Gasteiger partial charge in [0.1, 0.15) is 11.3 Å². The summed E-state index contributed by atoms with van der Waals surface area (Å²) in [6, 6.07) is 15.7. The molecule has 0 fully saturated rings. The molecule has 0 aliphatic rings. The zero-order chi connectivity index (χ0) is 19.2. The van der Waals surface area contributed by atoms with Crippen molar-refractivity contribution in [3.63, 3.8) is 0 Å². The van der Waals surface area contributed by atoms with Gasteiger partial charge in [0.25, 0.3) is 5.91 Å². The quantitative estimate of drug-likeness (QED) is 0.612. The van der Waals surface area contributed by atoms with E-state index in [2.05, 4.69) is 5.32 Å². The fraction of sp³-hybridized carbons (Fsp3) is 0.318. The van der Waals surface area contributed by atoms with Crippen LogP contribution in [0.2, 0.25) is 0 Å². The predicted molar refractivity (Wildman–Crippen MR) is 107 cm³/mol. The average Bonchev–Trinajstić information content (AvgIpc) is 3.01. The minimum absolute atomic E-state index is 0.182. The number of fused-ring (bicyclic) bond motifs is 1. The minimum atomic E-state index is -0.182. The summed E-state index contributed by atoms with van der Waals surface area (Å²) in [7, 11) is 3.96. The molecule has 142 valence electrons. The van der Waals surface area contributed by atoms with E-state index in [9.17, 15) is 4.79 Å². The van der Waals surface area contributed by atoms with Crippen LogP contribution in [0, 0.1) is 6.92 Å². The molecule has 0 atom stereocenters. The molecule has 1 amide bonds. The minimum Gasteiger partial charge on any atom is -0.494 e. The molecule has 1 heterocycles. The van der Waals surface area contributed by atoms with E-state index >= 15 is 0 Å². The van der Waals surface area contributed by atoms with E-state index in [0.29, 0.717) is 25.5 Å². The van der Waals surface area contributed by atoms with Crippen LogP contribution in [0.1, 0.15) is 28.1 Å². The molecule has 3 aromatic rings. The van der Waals surface area contributed by atoms with Crippen LogP contribution in [-0.4, -0.2) is 38.1 Å². The zero-order valence-electron chi connectivity index (χ0n) is 16.1. The number of nitrogens with zero attached hydrogens (tertiary/aromatic N) is 1. The van der Waals surface area contributed by atoms with E-state index in [1.807, 2.05) is 74.4 Å². The molecular weight excluding hydrogens is 340 g/mol. The predicted octanol–water partition coefficient (Wildman–Crippen LogP) is 4.00. The number of hydrogen-bond donors (Lipinski definition) is 1. The molecule has 0 radical (unpaired) electrons. The average molecular weight is 366 g/mol. The Morgan fingerprint density at radius 1 is 1.11 bits per heavy atom. The molecule has 2 aromatic carbocycles. The second-order valence-electron chi connectivity index (χ2n) is 6.91. The first-order valence-electron chi connectivity index (χ1n) is 9.17. The number of para-hydroxylation sites is 1. The van der Waals surface area contributed by atoms with Gasteiger partial charge in [-0.2, -0.15) is 0 Å². The first kappa shape index (κ1) is 19.0. The van der Waals surface area contributed by atoms with Crippen LogP contribution < -0.4 is 10.1 Å². The SMILES string of the molecule is Cc1ccc(OCCCNC(=O)c2oc3ccccc3c2CN(C)C)cc1. The maximum absolute atomic E-state index is 12.6. The number of ether oxygens (including phenoxy) is 1. The van der Waals surface area contributed by atoms with Crippen molar-refractivity contribution in [2.75, 3.05) is 27.2 Å². The fourth-order valence-electron chi connectivity index (χ4n) is 2.93. The van der Waals surface area contributed by atoms with Gasteiger partial charge < -0.3 is 19.4 Å². The summed E-state index contributed by atoms with van der Waals surface area (Å²) < 4.78 is 11.5. The van der Waals surface area contributed by atoms with E-state index in [-0.39, 0.29) is 5.91 Å². The Hall–Kier alpha value is -2.79. The van der Waals surface area contributed by atoms with Gasteiger partial charge in [0.15, 0.2) is 5.76 Å². The number of nitrogens with one attached hydrogen (secondary N) is 1. The first-order valence-corrected chi connectivity index (χ1v) is 9.17. The van der Waals surface area contributed by atoms with E-state index in [4.69, 9.17) is 9.15 Å². The molecule has 0 aliphatic carbocycles. The van der Waals surface area contributed by atoms with E-state index in [1.54, 1.807) is 0 Å². The third kappa shape index (κ3) is 4.89. The van der Waals surface area contributed by atoms with Crippen LogP contribution in [0.25, 0.3) is 11.0 Å². The number of rotatable bonds is 8. The van der Waals surface area contributed by atoms with Gasteiger partial charge >= 0.3 is 0 Å². The summed E-state index contributed by atoms with van der Waals surface area (Å²) in [5, 5.41) is 3.92. The Morgan fingerprint density at radius 3 is 2.59 bits per heavy atom. The van der Waals surface area contributed by atoms with Crippen LogP contribution in [0.5, 0.6) is 5.75 Å². The van der Waals surface area contributed by atoms with Crippen molar-refractivity contribution in [1.82, 2.24) is 10.2 Å². The van der Waals surface area contributed by atoms with E-state index < -0.39 is 0 Å². The monoisotopic (exact) mass is 366 g/mol. The molecule has 5 nitrogen and oxygen atoms in total. The van der Waals surface area contributed by atoms with Crippen molar-refractivity contribution < 1.29 is 13.9 Å². The Labute approximate surface area is 159 Å². The van der Waals surface area contributed by atoms with Gasteiger partial charge in [-0.3, -0.25) is 4.79 Å². The number of furan rings is 1. The first-order chi connectivity index (χ1) is 13.0. The summed E-state index contributed by atoms with van der Waals surface area (Å²) in [4.78, 5) is 14.7. The normalized spacial score (nSPS) is 11.1. The Balaban J connectivity index is 1.56. The Bertz CT molecular complexity index is 898. The van der Waals surface area contributed by atoms with Crippen molar-refractivity contribution in [3.05, 3.63) is 65.4 Å². The molecule has 0 unspecified atom stereocenters. The third-order valence-corrected chi connectivity index (χ3v) is 4.28. The number of hydrogen-bond acceptors (Lipinski definition) is 4. The highest BCUT2D eigenvalue weighted by molar-refractivity contribution is 5.99. The van der Waals surface area contributed by atoms with Crippen molar-refractivity contribution in [3.8, 4) is 5.75 Å². The summed E-state index contributed by atoms with van der Waals surface area (Å²) in [5.74, 6) is 1.06. The second-order valence-corrected chi connectivity index (χ2v) is 6.91. The van der Waals surface area contributed by atoms with E-state index in [1.165, 1.54) is 5.56 Å². The van der Waals surface area contributed by atoms with Crippen LogP contribution in [0.4, 0.5) is 0 Å². The number of benzene rings is 2. The fourth-order valence-corrected chi connectivity index (χ4v) is 2.93. The molecule has 3 rings (SSSR count). The van der Waals surface area contributed by atoms with Gasteiger partial charge in [0.05, 0.1) is 6.61 Å². The highest BCUT2D eigenvalue weighted by atomic mass is 16.5. The highest BCUT2D eigenvalue weighted by Crippen LogP contribution is 2.26. The topological polar surface area (TPSA) is 54.7 Å². The summed E-state index contributed by atoms with van der Waals surface area (Å²) in [5.41, 5.74) is 2.86. The zero-order valence-corrected chi connectivity index (χ0v) is 16.1. The van der Waals surface area contributed by atoms with Crippen LogP contribution in [0.3, 0.4) is 0 Å². The lowest BCUT2D eigenvalue weighted by molar-refractivity contribution is 0.0924. The highest BCUT2D eigenvalue weighted by Gasteiger charge is 2.20. The standard InChI is InChI=1S/C22H26N2O3/c1-16-9-11-17(12-10-16)26-14-6-13-23-22(25)21-19(15-24(2)3)18-7-4-5-8-20(18)27-21/h4-5,7-12H,6,13-15H2,1-3H3,(H,23,25). The number of carbonyl (C=O) groups is 1. The molecule has 1 aromatic heterocycles. The smallest absolute Gasteiger partial charge is 0.287 e. The third-order valence-electron chi connectivity index (χ3n) is 4.28. The van der Waals surface area contributed by atoms with Crippen LogP contribution >= 0.6 is 0 Å². The lowest BCUT2D eigenvalue weighted by Gasteiger charge is -2.10. The van der Waals surface area contributed by atoms with Crippen LogP contribution in [0.15, 0.2) is 52.9 Å². The van der Waals surface area contributed by atoms with Gasteiger partial charge in [0, 0.05) is 24.0 Å². The van der Waals surface area contributed by atoms with Crippen LogP contribution in [-0.2, 0) is 6.54 Å². The van der Waals surface area contributed by atoms with Crippen molar-refractivity contribution >= 4 is 16.9 Å². The van der Waals surface area contributed by atoms with Crippen molar-refractivity contribution in [2.24, 2.45) is 0 Å². The summed E-state index contributed by atoms with van der Waals surface area (Å²) in [6.45, 7) is 3.77. The summed E-state index contributed by atoms with van der Waals surface area (Å²) in [6.07, 6.45) is 0.725. The molecule has 5 heteroatoms. The lowest BCUT2D eigenvalue weighted by Crippen LogP contribution is -2.26. The van der Waals surface area contributed by atoms with Crippen molar-refractivity contribution in [1.29, 1.82) is 0 Å². The largest absolute Gasteiger partial charge is 0.494 e. The Morgan fingerprint density at radius 2 is 1.85 bits per heavy atom. The molecule has 0 bridgehead atoms. The Kier molecular flexibility index (Phi) is 6.14. The molecule has 27 heavy (non-hydrogen) atoms. The van der Waals surface area contributed by atoms with E-state index in [0.717, 1.165) is 28.7 Å². The lowest BCUT2D eigenvalue weighted by atomic mass is 10.1. The van der Waals surface area contributed by atoms with Gasteiger partial charge in [0.2, 0.25) is 0 Å². The van der Waals surface area contributed by atoms with Gasteiger partial charge in [-0.1, -0.05) is 35.9 Å². The maximum Gasteiger partial charge on any atom is 0.287 e. The van der Waals surface area contributed by atoms with Gasteiger partial charge in [-0.05, 0) is 45.6 Å². The molecule has 0 saturated heterocycles. The molecular formula is C22H26N2O3. The van der Waals surface area contributed by atoms with Gasteiger partial charge in [-0.15, -0.1) is 0 Å². The maximum atomic E-state index is 12.6. The molecule has 0 spiro atoms.